The second-order valence-electron chi connectivity index (χ2n) is 6.47. The monoisotopic (exact) mass is 391 g/mol. The summed E-state index contributed by atoms with van der Waals surface area (Å²) in [6, 6.07) is 14.4. The van der Waals surface area contributed by atoms with Gasteiger partial charge >= 0.3 is 0 Å². The largest absolute Gasteiger partial charge is 0.350 e. The van der Waals surface area contributed by atoms with Crippen LogP contribution in [0.2, 0.25) is 5.02 Å². The van der Waals surface area contributed by atoms with Gasteiger partial charge in [0.1, 0.15) is 4.90 Å². The number of nitrogens with one attached hydrogen (secondary N) is 1. The zero-order valence-corrected chi connectivity index (χ0v) is 16.6. The molecule has 0 radical (unpaired) electrons. The quantitative estimate of drug-likeness (QED) is 0.700. The summed E-state index contributed by atoms with van der Waals surface area (Å²) in [5, 5.41) is 1.33. The number of aromatic nitrogens is 1. The van der Waals surface area contributed by atoms with Gasteiger partial charge in [-0.25, -0.2) is 13.1 Å². The summed E-state index contributed by atoms with van der Waals surface area (Å²) in [6.07, 6.45) is 2.05. The summed E-state index contributed by atoms with van der Waals surface area (Å²) in [7, 11) is 2.18. The van der Waals surface area contributed by atoms with Crippen LogP contribution in [0.25, 0.3) is 10.9 Å². The molecule has 1 unspecified atom stereocenters. The molecule has 5 nitrogen and oxygen atoms in total. The molecule has 1 N–H and O–H groups in total. The first-order valence-corrected chi connectivity index (χ1v) is 10.1. The van der Waals surface area contributed by atoms with E-state index < -0.39 is 10.0 Å². The third kappa shape index (κ3) is 3.64. The molecular formula is C19H22ClN3O2S. The van der Waals surface area contributed by atoms with E-state index in [1.54, 1.807) is 18.2 Å². The van der Waals surface area contributed by atoms with Crippen molar-refractivity contribution in [2.75, 3.05) is 20.6 Å². The van der Waals surface area contributed by atoms with Crippen molar-refractivity contribution in [3.8, 4) is 0 Å². The minimum Gasteiger partial charge on any atom is -0.350 e. The molecule has 0 aliphatic rings. The molecule has 0 aliphatic carbocycles. The van der Waals surface area contributed by atoms with Crippen LogP contribution in [-0.4, -0.2) is 38.5 Å². The van der Waals surface area contributed by atoms with E-state index in [9.17, 15) is 8.42 Å². The van der Waals surface area contributed by atoms with Gasteiger partial charge in [0.05, 0.1) is 5.02 Å². The summed E-state index contributed by atoms with van der Waals surface area (Å²) < 4.78 is 30.1. The number of hydrogen-bond acceptors (Lipinski definition) is 3. The number of aryl methyl sites for hydroxylation is 1. The Balaban J connectivity index is 1.91. The van der Waals surface area contributed by atoms with Crippen LogP contribution in [0.4, 0.5) is 0 Å². The van der Waals surface area contributed by atoms with Gasteiger partial charge in [0.15, 0.2) is 0 Å². The van der Waals surface area contributed by atoms with Gasteiger partial charge in [0.25, 0.3) is 0 Å². The number of para-hydroxylation sites is 1. The van der Waals surface area contributed by atoms with Gasteiger partial charge in [-0.2, -0.15) is 0 Å². The average Bonchev–Trinajstić information content (AvgIpc) is 2.92. The second kappa shape index (κ2) is 7.40. The predicted molar refractivity (Wildman–Crippen MR) is 106 cm³/mol. The Kier molecular flexibility index (Phi) is 5.39. The van der Waals surface area contributed by atoms with Gasteiger partial charge in [0, 0.05) is 36.7 Å². The fourth-order valence-electron chi connectivity index (χ4n) is 3.14. The molecule has 0 spiro atoms. The molecule has 138 valence electrons. The van der Waals surface area contributed by atoms with E-state index in [0.717, 1.165) is 16.5 Å². The molecule has 1 aromatic heterocycles. The lowest BCUT2D eigenvalue weighted by molar-refractivity contribution is 0.301. The summed E-state index contributed by atoms with van der Waals surface area (Å²) in [5.74, 6) is 0. The maximum atomic E-state index is 12.7. The number of rotatable bonds is 6. The zero-order valence-electron chi connectivity index (χ0n) is 15.0. The molecule has 0 amide bonds. The predicted octanol–water partition coefficient (Wildman–Crippen LogP) is 3.41. The SMILES string of the molecule is CN(C)C(CNS(=O)(=O)c1ccccc1Cl)c1cn(C)c2ccccc12. The molecule has 1 atom stereocenters. The normalized spacial score (nSPS) is 13.4. The number of sulfonamides is 1. The van der Waals surface area contributed by atoms with Crippen LogP contribution in [0, 0.1) is 0 Å². The molecule has 1 heterocycles. The topological polar surface area (TPSA) is 54.3 Å². The van der Waals surface area contributed by atoms with Crippen molar-refractivity contribution in [2.24, 2.45) is 7.05 Å². The molecule has 0 bridgehead atoms. The summed E-state index contributed by atoms with van der Waals surface area (Å²) in [6.45, 7) is 0.245. The summed E-state index contributed by atoms with van der Waals surface area (Å²) in [5.41, 5.74) is 2.19. The molecule has 0 aliphatic heterocycles. The van der Waals surface area contributed by atoms with Gasteiger partial charge in [-0.3, -0.25) is 0 Å². The first kappa shape index (κ1) is 18.9. The number of halogens is 1. The van der Waals surface area contributed by atoms with Crippen LogP contribution >= 0.6 is 11.6 Å². The highest BCUT2D eigenvalue weighted by Crippen LogP contribution is 2.29. The minimum absolute atomic E-state index is 0.0945. The van der Waals surface area contributed by atoms with E-state index in [0.29, 0.717) is 0 Å². The highest BCUT2D eigenvalue weighted by atomic mass is 35.5. The first-order chi connectivity index (χ1) is 12.3. The molecule has 3 aromatic rings. The summed E-state index contributed by atoms with van der Waals surface area (Å²) >= 11 is 6.05. The van der Waals surface area contributed by atoms with Crippen molar-refractivity contribution in [1.29, 1.82) is 0 Å². The van der Waals surface area contributed by atoms with Gasteiger partial charge < -0.3 is 9.47 Å². The van der Waals surface area contributed by atoms with Gasteiger partial charge in [-0.1, -0.05) is 41.9 Å². The van der Waals surface area contributed by atoms with Crippen LogP contribution in [-0.2, 0) is 17.1 Å². The van der Waals surface area contributed by atoms with Gasteiger partial charge in [-0.15, -0.1) is 0 Å². The Hall–Kier alpha value is -1.86. The molecule has 2 aromatic carbocycles. The van der Waals surface area contributed by atoms with E-state index in [2.05, 4.69) is 27.6 Å². The van der Waals surface area contributed by atoms with Crippen molar-refractivity contribution in [2.45, 2.75) is 10.9 Å². The van der Waals surface area contributed by atoms with E-state index in [1.807, 2.05) is 38.2 Å². The van der Waals surface area contributed by atoms with Crippen LogP contribution in [0.5, 0.6) is 0 Å². The van der Waals surface area contributed by atoms with E-state index in [1.165, 1.54) is 6.07 Å². The Bertz CT molecular complexity index is 1030. The Morgan fingerprint density at radius 3 is 2.46 bits per heavy atom. The number of hydrogen-bond donors (Lipinski definition) is 1. The third-order valence-electron chi connectivity index (χ3n) is 4.50. The van der Waals surface area contributed by atoms with Crippen molar-refractivity contribution in [3.63, 3.8) is 0 Å². The van der Waals surface area contributed by atoms with Crippen LogP contribution < -0.4 is 4.72 Å². The van der Waals surface area contributed by atoms with Crippen molar-refractivity contribution in [1.82, 2.24) is 14.2 Å². The maximum absolute atomic E-state index is 12.7. The average molecular weight is 392 g/mol. The fraction of sp³-hybridized carbons (Fsp3) is 0.263. The smallest absolute Gasteiger partial charge is 0.242 e. The molecule has 0 saturated carbocycles. The summed E-state index contributed by atoms with van der Waals surface area (Å²) in [4.78, 5) is 2.11. The Morgan fingerprint density at radius 2 is 1.77 bits per heavy atom. The highest BCUT2D eigenvalue weighted by molar-refractivity contribution is 7.89. The maximum Gasteiger partial charge on any atom is 0.242 e. The molecule has 7 heteroatoms. The lowest BCUT2D eigenvalue weighted by Crippen LogP contribution is -2.34. The van der Waals surface area contributed by atoms with Gasteiger partial charge in [-0.05, 0) is 37.9 Å². The molecule has 0 saturated heterocycles. The number of fused-ring (bicyclic) bond motifs is 1. The number of likely N-dealkylation sites (N-methyl/N-ethyl adjacent to an activating group) is 1. The van der Waals surface area contributed by atoms with Crippen molar-refractivity contribution in [3.05, 3.63) is 65.3 Å². The van der Waals surface area contributed by atoms with Crippen LogP contribution in [0.3, 0.4) is 0 Å². The fourth-order valence-corrected chi connectivity index (χ4v) is 4.69. The van der Waals surface area contributed by atoms with E-state index in [-0.39, 0.29) is 22.5 Å². The lowest BCUT2D eigenvalue weighted by Gasteiger charge is -2.24. The number of nitrogens with zero attached hydrogens (tertiary/aromatic N) is 2. The van der Waals surface area contributed by atoms with E-state index >= 15 is 0 Å². The zero-order chi connectivity index (χ0) is 18.9. The van der Waals surface area contributed by atoms with Crippen molar-refractivity contribution < 1.29 is 8.42 Å². The number of benzene rings is 2. The highest BCUT2D eigenvalue weighted by Gasteiger charge is 2.23. The molecule has 26 heavy (non-hydrogen) atoms. The third-order valence-corrected chi connectivity index (χ3v) is 6.43. The Morgan fingerprint density at radius 1 is 1.12 bits per heavy atom. The molecular weight excluding hydrogens is 370 g/mol. The molecule has 3 rings (SSSR count). The minimum atomic E-state index is -3.69. The second-order valence-corrected chi connectivity index (χ2v) is 8.62. The van der Waals surface area contributed by atoms with Crippen molar-refractivity contribution >= 4 is 32.5 Å². The Labute approximate surface area is 159 Å². The lowest BCUT2D eigenvalue weighted by atomic mass is 10.1. The van der Waals surface area contributed by atoms with Gasteiger partial charge in [0.2, 0.25) is 10.0 Å². The van der Waals surface area contributed by atoms with Crippen LogP contribution in [0.15, 0.2) is 59.6 Å². The van der Waals surface area contributed by atoms with Crippen LogP contribution in [0.1, 0.15) is 11.6 Å². The standard InChI is InChI=1S/C19H22ClN3O2S/c1-22(2)18(15-13-23(3)17-10-6-4-8-14(15)17)12-21-26(24,25)19-11-7-5-9-16(19)20/h4-11,13,18,21H,12H2,1-3H3. The molecule has 0 fully saturated rings. The van der Waals surface area contributed by atoms with E-state index in [4.69, 9.17) is 11.6 Å². The first-order valence-electron chi connectivity index (χ1n) is 8.26.